The summed E-state index contributed by atoms with van der Waals surface area (Å²) in [6.45, 7) is 4.98. The van der Waals surface area contributed by atoms with Crippen LogP contribution in [0.4, 0.5) is 5.82 Å². The summed E-state index contributed by atoms with van der Waals surface area (Å²) < 4.78 is 0. The van der Waals surface area contributed by atoms with Crippen LogP contribution in [-0.2, 0) is 0 Å². The van der Waals surface area contributed by atoms with Gasteiger partial charge < -0.3 is 10.8 Å². The topological polar surface area (TPSA) is 95.8 Å². The van der Waals surface area contributed by atoms with E-state index < -0.39 is 0 Å². The van der Waals surface area contributed by atoms with Crippen LogP contribution in [0.5, 0.6) is 0 Å². The van der Waals surface area contributed by atoms with E-state index in [1.54, 1.807) is 12.4 Å². The first-order valence-corrected chi connectivity index (χ1v) is 13.3. The van der Waals surface area contributed by atoms with Crippen LogP contribution in [0.2, 0.25) is 0 Å². The number of hydrogen-bond donors (Lipinski definition) is 2. The Hall–Kier alpha value is -2.71. The molecule has 0 saturated heterocycles. The molecule has 3 fully saturated rings. The minimum absolute atomic E-state index is 0.155. The van der Waals surface area contributed by atoms with Crippen LogP contribution < -0.4 is 5.73 Å². The van der Waals surface area contributed by atoms with Crippen LogP contribution in [0, 0.1) is 39.9 Å². The van der Waals surface area contributed by atoms with Gasteiger partial charge in [0.05, 0.1) is 6.10 Å². The van der Waals surface area contributed by atoms with Crippen molar-refractivity contribution in [1.82, 2.24) is 9.97 Å². The Bertz CT molecular complexity index is 1220. The molecule has 0 radical (unpaired) electrons. The molecule has 2 heterocycles. The molecule has 0 aromatic carbocycles. The van der Waals surface area contributed by atoms with Crippen LogP contribution in [0.15, 0.2) is 42.2 Å². The SMILES string of the molecule is C[C@]12CC[C@H]3[C@@H](CC=C4C[C@@H](O)CC[C@@]43C)[C@@H]1CC[C@@H]2c1cc(-c2cccnc2)c(C#N)c(N)n1. The molecular weight excluding hydrogens is 432 g/mol. The number of nitrogens with two attached hydrogens (primary N) is 1. The molecule has 35 heavy (non-hydrogen) atoms. The van der Waals surface area contributed by atoms with Gasteiger partial charge >= 0.3 is 0 Å². The van der Waals surface area contributed by atoms with Gasteiger partial charge in [-0.1, -0.05) is 31.6 Å². The lowest BCUT2D eigenvalue weighted by Crippen LogP contribution is -2.50. The molecule has 0 aliphatic heterocycles. The Kier molecular flexibility index (Phi) is 5.30. The molecule has 2 aromatic heterocycles. The number of rotatable bonds is 2. The van der Waals surface area contributed by atoms with E-state index in [-0.39, 0.29) is 16.9 Å². The predicted octanol–water partition coefficient (Wildman–Crippen LogP) is 6.00. The predicted molar refractivity (Wildman–Crippen MR) is 137 cm³/mol. The van der Waals surface area contributed by atoms with Gasteiger partial charge in [0.1, 0.15) is 17.5 Å². The molecule has 4 aliphatic carbocycles. The Morgan fingerprint density at radius 1 is 1.14 bits per heavy atom. The second-order valence-electron chi connectivity index (χ2n) is 12.0. The number of nitriles is 1. The molecule has 182 valence electrons. The largest absolute Gasteiger partial charge is 0.393 e. The number of nitrogens with zero attached hydrogens (tertiary/aromatic N) is 3. The number of aliphatic hydroxyl groups excluding tert-OH is 1. The van der Waals surface area contributed by atoms with Gasteiger partial charge in [0.2, 0.25) is 0 Å². The number of aromatic nitrogens is 2. The van der Waals surface area contributed by atoms with Crippen molar-refractivity contribution in [2.75, 3.05) is 5.73 Å². The third-order valence-corrected chi connectivity index (χ3v) is 10.6. The first kappa shape index (κ1) is 22.7. The first-order chi connectivity index (χ1) is 16.8. The van der Waals surface area contributed by atoms with Gasteiger partial charge in [-0.15, -0.1) is 0 Å². The van der Waals surface area contributed by atoms with Crippen LogP contribution in [0.25, 0.3) is 11.1 Å². The second-order valence-corrected chi connectivity index (χ2v) is 12.0. The molecule has 7 atom stereocenters. The lowest BCUT2D eigenvalue weighted by atomic mass is 9.47. The number of nitrogen functional groups attached to an aromatic ring is 1. The van der Waals surface area contributed by atoms with Crippen molar-refractivity contribution in [3.63, 3.8) is 0 Å². The van der Waals surface area contributed by atoms with Crippen LogP contribution >= 0.6 is 0 Å². The Morgan fingerprint density at radius 3 is 2.77 bits per heavy atom. The maximum atomic E-state index is 10.3. The molecule has 0 bridgehead atoms. The zero-order chi connectivity index (χ0) is 24.4. The van der Waals surface area contributed by atoms with E-state index in [2.05, 4.69) is 37.0 Å². The molecule has 0 amide bonds. The normalized spacial score (nSPS) is 38.0. The number of hydrogen-bond acceptors (Lipinski definition) is 5. The molecule has 0 spiro atoms. The fourth-order valence-corrected chi connectivity index (χ4v) is 8.76. The van der Waals surface area contributed by atoms with E-state index in [9.17, 15) is 10.4 Å². The summed E-state index contributed by atoms with van der Waals surface area (Å²) in [6.07, 6.45) is 14.8. The maximum Gasteiger partial charge on any atom is 0.142 e. The highest BCUT2D eigenvalue weighted by Crippen LogP contribution is 2.68. The van der Waals surface area contributed by atoms with E-state index >= 15 is 0 Å². The minimum Gasteiger partial charge on any atom is -0.393 e. The second kappa shape index (κ2) is 8.17. The van der Waals surface area contributed by atoms with Crippen LogP contribution in [-0.4, -0.2) is 21.2 Å². The van der Waals surface area contributed by atoms with E-state index in [0.29, 0.717) is 29.1 Å². The highest BCUT2D eigenvalue weighted by molar-refractivity contribution is 5.75. The standard InChI is InChI=1S/C30H36N4O/c1-29-11-9-20(35)14-19(29)5-6-21-24-7-8-26(30(24,2)12-10-25(21)29)27-15-22(18-4-3-13-33-17-18)23(16-31)28(32)34-27/h3-5,13,15,17,20-21,24-26,35H,6-12,14H2,1-2H3,(H2,32,34)/t20-,21-,24-,25-,26+,29-,30-/m0/s1. The third kappa shape index (κ3) is 3.37. The van der Waals surface area contributed by atoms with Gasteiger partial charge in [-0.3, -0.25) is 4.98 Å². The van der Waals surface area contributed by atoms with E-state index in [1.807, 2.05) is 12.1 Å². The zero-order valence-electron chi connectivity index (χ0n) is 20.9. The van der Waals surface area contributed by atoms with E-state index in [0.717, 1.165) is 54.8 Å². The summed E-state index contributed by atoms with van der Waals surface area (Å²) >= 11 is 0. The zero-order valence-corrected chi connectivity index (χ0v) is 20.9. The third-order valence-electron chi connectivity index (χ3n) is 10.6. The highest BCUT2D eigenvalue weighted by atomic mass is 16.3. The van der Waals surface area contributed by atoms with Crippen molar-refractivity contribution in [3.8, 4) is 17.2 Å². The number of fused-ring (bicyclic) bond motifs is 5. The molecule has 4 aliphatic rings. The number of anilines is 1. The summed E-state index contributed by atoms with van der Waals surface area (Å²) in [5, 5.41) is 20.1. The summed E-state index contributed by atoms with van der Waals surface area (Å²) in [7, 11) is 0. The molecule has 5 heteroatoms. The van der Waals surface area contributed by atoms with Crippen LogP contribution in [0.1, 0.15) is 82.4 Å². The minimum atomic E-state index is -0.155. The first-order valence-electron chi connectivity index (χ1n) is 13.3. The van der Waals surface area contributed by atoms with Crippen molar-refractivity contribution in [2.45, 2.75) is 77.2 Å². The molecule has 5 nitrogen and oxygen atoms in total. The van der Waals surface area contributed by atoms with Crippen molar-refractivity contribution in [2.24, 2.45) is 28.6 Å². The highest BCUT2D eigenvalue weighted by Gasteiger charge is 2.59. The van der Waals surface area contributed by atoms with Crippen molar-refractivity contribution in [1.29, 1.82) is 5.26 Å². The smallest absolute Gasteiger partial charge is 0.142 e. The van der Waals surface area contributed by atoms with E-state index in [1.165, 1.54) is 24.8 Å². The molecule has 2 aromatic rings. The van der Waals surface area contributed by atoms with Gasteiger partial charge in [-0.25, -0.2) is 4.98 Å². The van der Waals surface area contributed by atoms with Gasteiger partial charge in [-0.05, 0) is 92.1 Å². The van der Waals surface area contributed by atoms with Gasteiger partial charge in [0.25, 0.3) is 0 Å². The van der Waals surface area contributed by atoms with Gasteiger partial charge in [0, 0.05) is 35.1 Å². The molecule has 6 rings (SSSR count). The lowest BCUT2D eigenvalue weighted by Gasteiger charge is -2.58. The average Bonchev–Trinajstić information content (AvgIpc) is 3.22. The Balaban J connectivity index is 1.36. The maximum absolute atomic E-state index is 10.3. The van der Waals surface area contributed by atoms with E-state index in [4.69, 9.17) is 10.7 Å². The van der Waals surface area contributed by atoms with Crippen molar-refractivity contribution >= 4 is 5.82 Å². The molecule has 3 N–H and O–H groups in total. The van der Waals surface area contributed by atoms with Crippen molar-refractivity contribution < 1.29 is 5.11 Å². The monoisotopic (exact) mass is 468 g/mol. The van der Waals surface area contributed by atoms with Crippen LogP contribution in [0.3, 0.4) is 0 Å². The number of aliphatic hydroxyl groups is 1. The van der Waals surface area contributed by atoms with Gasteiger partial charge in [0.15, 0.2) is 0 Å². The quantitative estimate of drug-likeness (QED) is 0.527. The average molecular weight is 469 g/mol. The summed E-state index contributed by atoms with van der Waals surface area (Å²) in [4.78, 5) is 9.11. The lowest BCUT2D eigenvalue weighted by molar-refractivity contribution is -0.0412. The Morgan fingerprint density at radius 2 is 2.00 bits per heavy atom. The Labute approximate surface area is 208 Å². The molecular formula is C30H36N4O. The number of allylic oxidation sites excluding steroid dienone is 1. The number of pyridine rings is 2. The summed E-state index contributed by atoms with van der Waals surface area (Å²) in [5.41, 5.74) is 11.6. The fourth-order valence-electron chi connectivity index (χ4n) is 8.76. The molecule has 3 saturated carbocycles. The molecule has 0 unspecified atom stereocenters. The fraction of sp³-hybridized carbons (Fsp3) is 0.567. The summed E-state index contributed by atoms with van der Waals surface area (Å²) in [5.74, 6) is 2.79. The van der Waals surface area contributed by atoms with Gasteiger partial charge in [-0.2, -0.15) is 5.26 Å². The summed E-state index contributed by atoms with van der Waals surface area (Å²) in [6, 6.07) is 8.29. The van der Waals surface area contributed by atoms with Crippen molar-refractivity contribution in [3.05, 3.63) is 53.5 Å².